The van der Waals surface area contributed by atoms with Crippen LogP contribution in [0.15, 0.2) is 42.5 Å². The molecular weight excluding hydrogens is 353 g/mol. The maximum absolute atomic E-state index is 12.9. The molecule has 3 aromatic rings. The van der Waals surface area contributed by atoms with Crippen molar-refractivity contribution in [3.63, 3.8) is 0 Å². The molecule has 0 aliphatic carbocycles. The lowest BCUT2D eigenvalue weighted by molar-refractivity contribution is -0.384. The molecule has 0 saturated heterocycles. The number of hydrogen-bond acceptors (Lipinski definition) is 5. The summed E-state index contributed by atoms with van der Waals surface area (Å²) < 4.78 is 12.9. The highest BCUT2D eigenvalue weighted by Gasteiger charge is 2.17. The molecular formula is C15H9ClFN5O3. The summed E-state index contributed by atoms with van der Waals surface area (Å²) in [7, 11) is 0. The number of aromatic amines is 1. The third-order valence-corrected chi connectivity index (χ3v) is 3.55. The number of nitro groups is 1. The lowest BCUT2D eigenvalue weighted by Crippen LogP contribution is -2.13. The van der Waals surface area contributed by atoms with Crippen molar-refractivity contribution < 1.29 is 14.1 Å². The Hall–Kier alpha value is -3.33. The molecule has 0 aliphatic rings. The Morgan fingerprint density at radius 3 is 2.64 bits per heavy atom. The summed E-state index contributed by atoms with van der Waals surface area (Å²) in [6, 6.07) is 9.21. The number of anilines is 1. The minimum Gasteiger partial charge on any atom is -0.289 e. The number of benzene rings is 2. The van der Waals surface area contributed by atoms with Crippen molar-refractivity contribution in [3.05, 3.63) is 69.0 Å². The molecule has 0 fully saturated rings. The van der Waals surface area contributed by atoms with Crippen molar-refractivity contribution in [2.75, 3.05) is 5.32 Å². The standard InChI is InChI=1S/C15H9ClFN5O3/c16-11-6-3-9(7-12(11)22(24)25)14(23)19-15-18-13(20-21-15)8-1-4-10(17)5-2-8/h1-7H,(H2,18,19,20,21,23). The molecule has 1 aromatic heterocycles. The summed E-state index contributed by atoms with van der Waals surface area (Å²) in [4.78, 5) is 26.4. The number of nitrogens with zero attached hydrogens (tertiary/aromatic N) is 3. The Labute approximate surface area is 144 Å². The molecule has 1 amide bonds. The topological polar surface area (TPSA) is 114 Å². The zero-order chi connectivity index (χ0) is 18.0. The minimum absolute atomic E-state index is 0.0260. The van der Waals surface area contributed by atoms with E-state index in [9.17, 15) is 19.3 Å². The molecule has 1 heterocycles. The Kier molecular flexibility index (Phi) is 4.40. The second-order valence-electron chi connectivity index (χ2n) is 4.89. The maximum Gasteiger partial charge on any atom is 0.288 e. The molecule has 8 nitrogen and oxygen atoms in total. The van der Waals surface area contributed by atoms with Gasteiger partial charge in [0.05, 0.1) is 4.92 Å². The van der Waals surface area contributed by atoms with Crippen LogP contribution in [0.25, 0.3) is 11.4 Å². The number of carbonyl (C=O) groups excluding carboxylic acids is 1. The van der Waals surface area contributed by atoms with Crippen LogP contribution in [-0.2, 0) is 0 Å². The van der Waals surface area contributed by atoms with Gasteiger partial charge in [-0.3, -0.25) is 25.3 Å². The first-order valence-electron chi connectivity index (χ1n) is 6.87. The van der Waals surface area contributed by atoms with Gasteiger partial charge in [0.15, 0.2) is 5.82 Å². The summed E-state index contributed by atoms with van der Waals surface area (Å²) in [5.74, 6) is -0.718. The van der Waals surface area contributed by atoms with Crippen molar-refractivity contribution in [1.29, 1.82) is 0 Å². The van der Waals surface area contributed by atoms with E-state index in [-0.39, 0.29) is 28.0 Å². The smallest absolute Gasteiger partial charge is 0.288 e. The van der Waals surface area contributed by atoms with Crippen molar-refractivity contribution in [2.24, 2.45) is 0 Å². The fourth-order valence-corrected chi connectivity index (χ4v) is 2.21. The van der Waals surface area contributed by atoms with Gasteiger partial charge < -0.3 is 0 Å². The SMILES string of the molecule is O=C(Nc1n[nH]c(-c2ccc(F)cc2)n1)c1ccc(Cl)c([N+](=O)[O-])c1. The zero-order valence-corrected chi connectivity index (χ0v) is 13.1. The normalized spacial score (nSPS) is 10.5. The number of rotatable bonds is 4. The van der Waals surface area contributed by atoms with Crippen molar-refractivity contribution >= 4 is 29.1 Å². The van der Waals surface area contributed by atoms with Gasteiger partial charge in [-0.2, -0.15) is 4.98 Å². The van der Waals surface area contributed by atoms with Crippen LogP contribution in [0.2, 0.25) is 5.02 Å². The molecule has 2 aromatic carbocycles. The van der Waals surface area contributed by atoms with E-state index < -0.39 is 10.8 Å². The monoisotopic (exact) mass is 361 g/mol. The molecule has 0 aliphatic heterocycles. The molecule has 10 heteroatoms. The summed E-state index contributed by atoms with van der Waals surface area (Å²) in [5, 5.41) is 19.7. The third kappa shape index (κ3) is 3.61. The lowest BCUT2D eigenvalue weighted by atomic mass is 10.2. The van der Waals surface area contributed by atoms with Crippen molar-refractivity contribution in [2.45, 2.75) is 0 Å². The van der Waals surface area contributed by atoms with E-state index in [1.165, 1.54) is 36.4 Å². The van der Waals surface area contributed by atoms with E-state index in [2.05, 4.69) is 20.5 Å². The number of nitro benzene ring substituents is 1. The number of nitrogens with one attached hydrogen (secondary N) is 2. The van der Waals surface area contributed by atoms with Crippen LogP contribution in [0.4, 0.5) is 16.0 Å². The van der Waals surface area contributed by atoms with Gasteiger partial charge >= 0.3 is 0 Å². The Balaban J connectivity index is 1.79. The highest BCUT2D eigenvalue weighted by molar-refractivity contribution is 6.32. The number of halogens is 2. The van der Waals surface area contributed by atoms with Crippen LogP contribution in [0.1, 0.15) is 10.4 Å². The lowest BCUT2D eigenvalue weighted by Gasteiger charge is -2.02. The predicted molar refractivity (Wildman–Crippen MR) is 87.8 cm³/mol. The highest BCUT2D eigenvalue weighted by Crippen LogP contribution is 2.25. The Morgan fingerprint density at radius 1 is 1.24 bits per heavy atom. The largest absolute Gasteiger partial charge is 0.289 e. The average molecular weight is 362 g/mol. The average Bonchev–Trinajstić information content (AvgIpc) is 3.04. The molecule has 0 saturated carbocycles. The van der Waals surface area contributed by atoms with Gasteiger partial charge in [-0.15, -0.1) is 5.10 Å². The first kappa shape index (κ1) is 16.5. The first-order valence-corrected chi connectivity index (χ1v) is 7.25. The van der Waals surface area contributed by atoms with E-state index in [1.807, 2.05) is 0 Å². The first-order chi connectivity index (χ1) is 11.9. The van der Waals surface area contributed by atoms with Crippen molar-refractivity contribution in [1.82, 2.24) is 15.2 Å². The summed E-state index contributed by atoms with van der Waals surface area (Å²) in [5.41, 5.74) is 0.233. The van der Waals surface area contributed by atoms with Gasteiger partial charge in [-0.1, -0.05) is 11.6 Å². The Morgan fingerprint density at radius 2 is 1.96 bits per heavy atom. The quantitative estimate of drug-likeness (QED) is 0.546. The van der Waals surface area contributed by atoms with Crippen LogP contribution in [0.5, 0.6) is 0 Å². The van der Waals surface area contributed by atoms with E-state index >= 15 is 0 Å². The van der Waals surface area contributed by atoms with E-state index in [4.69, 9.17) is 11.6 Å². The predicted octanol–water partition coefficient (Wildman–Crippen LogP) is 3.42. The summed E-state index contributed by atoms with van der Waals surface area (Å²) in [6.45, 7) is 0. The van der Waals surface area contributed by atoms with Gasteiger partial charge in [-0.25, -0.2) is 4.39 Å². The van der Waals surface area contributed by atoms with Crippen LogP contribution in [0, 0.1) is 15.9 Å². The fraction of sp³-hybridized carbons (Fsp3) is 0. The summed E-state index contributed by atoms with van der Waals surface area (Å²) >= 11 is 5.71. The Bertz CT molecular complexity index is 958. The number of aromatic nitrogens is 3. The number of H-pyrrole nitrogens is 1. The number of amides is 1. The molecule has 0 atom stereocenters. The molecule has 126 valence electrons. The van der Waals surface area contributed by atoms with Gasteiger partial charge in [0.2, 0.25) is 5.95 Å². The second-order valence-corrected chi connectivity index (χ2v) is 5.30. The van der Waals surface area contributed by atoms with E-state index in [1.54, 1.807) is 0 Å². The molecule has 0 spiro atoms. The van der Waals surface area contributed by atoms with E-state index in [0.29, 0.717) is 11.4 Å². The molecule has 0 unspecified atom stereocenters. The number of hydrogen-bond donors (Lipinski definition) is 2. The van der Waals surface area contributed by atoms with Gasteiger partial charge in [0.25, 0.3) is 11.6 Å². The molecule has 3 rings (SSSR count). The van der Waals surface area contributed by atoms with Crippen LogP contribution < -0.4 is 5.32 Å². The van der Waals surface area contributed by atoms with Crippen molar-refractivity contribution in [3.8, 4) is 11.4 Å². The van der Waals surface area contributed by atoms with Gasteiger partial charge in [-0.05, 0) is 36.4 Å². The zero-order valence-electron chi connectivity index (χ0n) is 12.4. The fourth-order valence-electron chi connectivity index (χ4n) is 2.02. The van der Waals surface area contributed by atoms with Crippen LogP contribution >= 0.6 is 11.6 Å². The maximum atomic E-state index is 12.9. The molecule has 2 N–H and O–H groups in total. The van der Waals surface area contributed by atoms with Gasteiger partial charge in [0.1, 0.15) is 10.8 Å². The number of carbonyl (C=O) groups is 1. The molecule has 0 bridgehead atoms. The van der Waals surface area contributed by atoms with Crippen LogP contribution in [0.3, 0.4) is 0 Å². The summed E-state index contributed by atoms with van der Waals surface area (Å²) in [6.07, 6.45) is 0. The van der Waals surface area contributed by atoms with Gasteiger partial charge in [0, 0.05) is 17.2 Å². The van der Waals surface area contributed by atoms with Crippen LogP contribution in [-0.4, -0.2) is 26.0 Å². The second kappa shape index (κ2) is 6.65. The minimum atomic E-state index is -0.682. The highest BCUT2D eigenvalue weighted by atomic mass is 35.5. The van der Waals surface area contributed by atoms with E-state index in [0.717, 1.165) is 6.07 Å². The molecule has 25 heavy (non-hydrogen) atoms. The molecule has 0 radical (unpaired) electrons. The third-order valence-electron chi connectivity index (χ3n) is 3.23.